The quantitative estimate of drug-likeness (QED) is 0.808. The highest BCUT2D eigenvalue weighted by Crippen LogP contribution is 2.25. The lowest BCUT2D eigenvalue weighted by atomic mass is 9.90. The minimum absolute atomic E-state index is 0.192. The van der Waals surface area contributed by atoms with Crippen LogP contribution >= 0.6 is 0 Å². The van der Waals surface area contributed by atoms with Crippen LogP contribution in [0.25, 0.3) is 0 Å². The fourth-order valence-electron chi connectivity index (χ4n) is 2.41. The summed E-state index contributed by atoms with van der Waals surface area (Å²) in [6.45, 7) is 6.55. The molecule has 1 aromatic rings. The molecule has 1 unspecified atom stereocenters. The predicted molar refractivity (Wildman–Crippen MR) is 83.9 cm³/mol. The van der Waals surface area contributed by atoms with E-state index in [0.29, 0.717) is 29.5 Å². The van der Waals surface area contributed by atoms with Gasteiger partial charge in [-0.25, -0.2) is 0 Å². The molecule has 0 aliphatic rings. The number of hydrogen-bond acceptors (Lipinski definition) is 4. The Morgan fingerprint density at radius 2 is 2.00 bits per heavy atom. The molecule has 0 spiro atoms. The number of hydrogen-bond donors (Lipinski definition) is 2. The van der Waals surface area contributed by atoms with Gasteiger partial charge in [0.25, 0.3) is 5.91 Å². The van der Waals surface area contributed by atoms with Gasteiger partial charge in [0.1, 0.15) is 11.5 Å². The lowest BCUT2D eigenvalue weighted by Gasteiger charge is -2.31. The number of nitrogens with one attached hydrogen (secondary N) is 1. The Hall–Kier alpha value is -1.75. The van der Waals surface area contributed by atoms with Gasteiger partial charge >= 0.3 is 0 Å². The van der Waals surface area contributed by atoms with Crippen LogP contribution in [-0.2, 0) is 0 Å². The molecular formula is C16H26N2O3. The van der Waals surface area contributed by atoms with E-state index in [2.05, 4.69) is 19.2 Å². The van der Waals surface area contributed by atoms with Crippen molar-refractivity contribution in [3.05, 3.63) is 23.8 Å². The molecule has 0 fully saturated rings. The summed E-state index contributed by atoms with van der Waals surface area (Å²) < 4.78 is 10.4. The summed E-state index contributed by atoms with van der Waals surface area (Å²) in [5.41, 5.74) is 5.87. The Morgan fingerprint density at radius 3 is 2.48 bits per heavy atom. The zero-order valence-electron chi connectivity index (χ0n) is 13.5. The maximum atomic E-state index is 12.5. The van der Waals surface area contributed by atoms with Crippen molar-refractivity contribution < 1.29 is 14.3 Å². The number of benzene rings is 1. The summed E-state index contributed by atoms with van der Waals surface area (Å²) in [5.74, 6) is 1.38. The maximum Gasteiger partial charge on any atom is 0.255 e. The van der Waals surface area contributed by atoms with Crippen LogP contribution < -0.4 is 20.5 Å². The Balaban J connectivity index is 2.97. The maximum absolute atomic E-state index is 12.5. The zero-order chi connectivity index (χ0) is 16.0. The van der Waals surface area contributed by atoms with E-state index in [4.69, 9.17) is 15.2 Å². The Kier molecular flexibility index (Phi) is 6.03. The molecule has 0 saturated carbocycles. The third-order valence-electron chi connectivity index (χ3n) is 3.38. The van der Waals surface area contributed by atoms with Crippen molar-refractivity contribution in [2.45, 2.75) is 32.7 Å². The molecular weight excluding hydrogens is 268 g/mol. The van der Waals surface area contributed by atoms with Gasteiger partial charge < -0.3 is 20.5 Å². The molecule has 0 saturated heterocycles. The first-order chi connectivity index (χ1) is 9.85. The average Bonchev–Trinajstić information content (AvgIpc) is 2.45. The monoisotopic (exact) mass is 294 g/mol. The molecule has 118 valence electrons. The minimum Gasteiger partial charge on any atom is -0.497 e. The van der Waals surface area contributed by atoms with Crippen LogP contribution in [-0.4, -0.2) is 32.2 Å². The van der Waals surface area contributed by atoms with Crippen molar-refractivity contribution >= 4 is 5.91 Å². The number of rotatable bonds is 7. The predicted octanol–water partition coefficient (Wildman–Crippen LogP) is 2.20. The van der Waals surface area contributed by atoms with Crippen molar-refractivity contribution in [1.82, 2.24) is 5.32 Å². The molecule has 21 heavy (non-hydrogen) atoms. The Labute approximate surface area is 126 Å². The lowest BCUT2D eigenvalue weighted by molar-refractivity contribution is 0.0895. The molecule has 1 amide bonds. The van der Waals surface area contributed by atoms with Crippen LogP contribution in [0.3, 0.4) is 0 Å². The highest BCUT2D eigenvalue weighted by molar-refractivity contribution is 5.97. The molecule has 1 rings (SSSR count). The van der Waals surface area contributed by atoms with Gasteiger partial charge in [-0.05, 0) is 31.4 Å². The van der Waals surface area contributed by atoms with Gasteiger partial charge in [0.05, 0.1) is 19.8 Å². The van der Waals surface area contributed by atoms with Crippen LogP contribution in [0.5, 0.6) is 11.5 Å². The normalized spacial score (nSPS) is 13.7. The number of amides is 1. The molecule has 5 nitrogen and oxygen atoms in total. The summed E-state index contributed by atoms with van der Waals surface area (Å²) in [6.07, 6.45) is 0.813. The van der Waals surface area contributed by atoms with E-state index in [-0.39, 0.29) is 5.91 Å². The van der Waals surface area contributed by atoms with E-state index in [1.807, 2.05) is 6.92 Å². The molecule has 1 atom stereocenters. The van der Waals surface area contributed by atoms with Crippen LogP contribution in [0, 0.1) is 5.92 Å². The minimum atomic E-state index is -0.434. The second-order valence-electron chi connectivity index (χ2n) is 5.88. The summed E-state index contributed by atoms with van der Waals surface area (Å²) in [4.78, 5) is 12.5. The number of ether oxygens (including phenoxy) is 2. The van der Waals surface area contributed by atoms with Gasteiger partial charge in [0.15, 0.2) is 0 Å². The molecule has 0 bridgehead atoms. The molecule has 0 radical (unpaired) electrons. The van der Waals surface area contributed by atoms with E-state index in [1.165, 1.54) is 7.11 Å². The number of carbonyl (C=O) groups is 1. The van der Waals surface area contributed by atoms with Crippen LogP contribution in [0.15, 0.2) is 18.2 Å². The van der Waals surface area contributed by atoms with E-state index in [9.17, 15) is 4.79 Å². The van der Waals surface area contributed by atoms with Crippen molar-refractivity contribution in [2.75, 3.05) is 20.8 Å². The van der Waals surface area contributed by atoms with E-state index in [1.54, 1.807) is 25.3 Å². The van der Waals surface area contributed by atoms with E-state index >= 15 is 0 Å². The molecule has 1 aromatic carbocycles. The molecule has 3 N–H and O–H groups in total. The first-order valence-electron chi connectivity index (χ1n) is 7.10. The summed E-state index contributed by atoms with van der Waals surface area (Å²) in [6, 6.07) is 5.12. The SMILES string of the molecule is COc1ccc(C(=O)NC(C)(CN)CC(C)C)c(OC)c1. The van der Waals surface area contributed by atoms with Crippen molar-refractivity contribution in [2.24, 2.45) is 11.7 Å². The van der Waals surface area contributed by atoms with Crippen LogP contribution in [0.1, 0.15) is 37.6 Å². The van der Waals surface area contributed by atoms with Crippen molar-refractivity contribution in [1.29, 1.82) is 0 Å². The van der Waals surface area contributed by atoms with Crippen LogP contribution in [0.4, 0.5) is 0 Å². The van der Waals surface area contributed by atoms with E-state index < -0.39 is 5.54 Å². The number of carbonyl (C=O) groups excluding carboxylic acids is 1. The highest BCUT2D eigenvalue weighted by Gasteiger charge is 2.27. The standard InChI is InChI=1S/C16H26N2O3/c1-11(2)9-16(3,10-17)18-15(19)13-7-6-12(20-4)8-14(13)21-5/h6-8,11H,9-10,17H2,1-5H3,(H,18,19). The largest absolute Gasteiger partial charge is 0.497 e. The summed E-state index contributed by atoms with van der Waals surface area (Å²) in [7, 11) is 3.10. The van der Waals surface area contributed by atoms with Gasteiger partial charge in [0.2, 0.25) is 0 Å². The average molecular weight is 294 g/mol. The highest BCUT2D eigenvalue weighted by atomic mass is 16.5. The van der Waals surface area contributed by atoms with Gasteiger partial charge in [-0.1, -0.05) is 13.8 Å². The first-order valence-corrected chi connectivity index (χ1v) is 7.10. The van der Waals surface area contributed by atoms with Crippen LogP contribution in [0.2, 0.25) is 0 Å². The lowest BCUT2D eigenvalue weighted by Crippen LogP contribution is -2.52. The molecule has 0 aliphatic heterocycles. The second kappa shape index (κ2) is 7.31. The third kappa shape index (κ3) is 4.63. The Morgan fingerprint density at radius 1 is 1.33 bits per heavy atom. The van der Waals surface area contributed by atoms with Crippen molar-refractivity contribution in [3.8, 4) is 11.5 Å². The third-order valence-corrected chi connectivity index (χ3v) is 3.38. The molecule has 5 heteroatoms. The molecule has 0 aliphatic carbocycles. The fourth-order valence-corrected chi connectivity index (χ4v) is 2.41. The Bertz CT molecular complexity index is 488. The molecule has 0 heterocycles. The van der Waals surface area contributed by atoms with Gasteiger partial charge in [-0.15, -0.1) is 0 Å². The van der Waals surface area contributed by atoms with Crippen molar-refractivity contribution in [3.63, 3.8) is 0 Å². The van der Waals surface area contributed by atoms with Gasteiger partial charge in [-0.3, -0.25) is 4.79 Å². The smallest absolute Gasteiger partial charge is 0.255 e. The zero-order valence-corrected chi connectivity index (χ0v) is 13.5. The fraction of sp³-hybridized carbons (Fsp3) is 0.562. The van der Waals surface area contributed by atoms with Gasteiger partial charge in [-0.2, -0.15) is 0 Å². The van der Waals surface area contributed by atoms with E-state index in [0.717, 1.165) is 6.42 Å². The summed E-state index contributed by atoms with van der Waals surface area (Å²) >= 11 is 0. The summed E-state index contributed by atoms with van der Waals surface area (Å²) in [5, 5.41) is 3.02. The first kappa shape index (κ1) is 17.3. The van der Waals surface area contributed by atoms with Gasteiger partial charge in [0, 0.05) is 18.2 Å². The topological polar surface area (TPSA) is 73.6 Å². The second-order valence-corrected chi connectivity index (χ2v) is 5.88. The molecule has 0 aromatic heterocycles. The number of nitrogens with two attached hydrogens (primary N) is 1. The number of methoxy groups -OCH3 is 2.